The molecule has 1 saturated heterocycles. The molecule has 31 heavy (non-hydrogen) atoms. The van der Waals surface area contributed by atoms with Crippen LogP contribution in [0.3, 0.4) is 0 Å². The first-order valence-electron chi connectivity index (χ1n) is 10.9. The van der Waals surface area contributed by atoms with Gasteiger partial charge in [0.05, 0.1) is 11.4 Å². The number of aromatic nitrogens is 2. The lowest BCUT2D eigenvalue weighted by atomic mass is 9.86. The molecule has 1 aromatic carbocycles. The van der Waals surface area contributed by atoms with Crippen LogP contribution < -0.4 is 21.3 Å². The average Bonchev–Trinajstić information content (AvgIpc) is 3.09. The number of piperazine rings is 1. The number of rotatable bonds is 3. The third-order valence-corrected chi connectivity index (χ3v) is 7.39. The number of carbonyl (C=O) groups is 1. The molecule has 1 fully saturated rings. The van der Waals surface area contributed by atoms with Gasteiger partial charge in [0, 0.05) is 44.1 Å². The molecule has 2 aliphatic rings. The number of thiophene rings is 1. The van der Waals surface area contributed by atoms with Gasteiger partial charge in [-0.3, -0.25) is 4.79 Å². The number of fused-ring (bicyclic) bond motifs is 2. The van der Waals surface area contributed by atoms with Crippen molar-refractivity contribution >= 4 is 39.0 Å². The van der Waals surface area contributed by atoms with Crippen LogP contribution in [0.25, 0.3) is 10.3 Å². The number of amides is 1. The first kappa shape index (κ1) is 20.2. The second-order valence-corrected chi connectivity index (χ2v) is 9.57. The maximum atomic E-state index is 13.0. The highest BCUT2D eigenvalue weighted by molar-refractivity contribution is 7.21. The third-order valence-electron chi connectivity index (χ3n) is 6.31. The van der Waals surface area contributed by atoms with Gasteiger partial charge < -0.3 is 21.3 Å². The molecule has 0 radical (unpaired) electrons. The number of anilines is 2. The standard InChI is InChI=1S/C23H28N6OS/c1-13-9-16-10-17(4-3-15(16)11-18(13)29-7-5-25-6-8-29)28-22(30)21-19(24)20-23(31-21)27-14(2)12-26-20/h9,11-12,17,25H,3-8,10,24H2,1-2H3,(H,28,30)/t17-/m0/s1. The van der Waals surface area contributed by atoms with Crippen LogP contribution >= 0.6 is 11.3 Å². The maximum Gasteiger partial charge on any atom is 0.263 e. The fourth-order valence-corrected chi connectivity index (χ4v) is 5.68. The summed E-state index contributed by atoms with van der Waals surface area (Å²) in [5.74, 6) is -0.123. The Morgan fingerprint density at radius 3 is 2.87 bits per heavy atom. The van der Waals surface area contributed by atoms with Gasteiger partial charge in [-0.05, 0) is 55.9 Å². The number of nitrogen functional groups attached to an aromatic ring is 1. The summed E-state index contributed by atoms with van der Waals surface area (Å²) in [5.41, 5.74) is 13.5. The van der Waals surface area contributed by atoms with Crippen LogP contribution in [0.2, 0.25) is 0 Å². The van der Waals surface area contributed by atoms with Gasteiger partial charge in [-0.1, -0.05) is 6.07 Å². The molecule has 8 heteroatoms. The van der Waals surface area contributed by atoms with E-state index in [1.165, 1.54) is 33.7 Å². The van der Waals surface area contributed by atoms with Gasteiger partial charge in [-0.25, -0.2) is 9.97 Å². The fraction of sp³-hybridized carbons (Fsp3) is 0.435. The van der Waals surface area contributed by atoms with Gasteiger partial charge in [0.15, 0.2) is 0 Å². The molecule has 0 bridgehead atoms. The predicted molar refractivity (Wildman–Crippen MR) is 126 cm³/mol. The monoisotopic (exact) mass is 436 g/mol. The van der Waals surface area contributed by atoms with Crippen LogP contribution in [0.15, 0.2) is 18.3 Å². The highest BCUT2D eigenvalue weighted by Crippen LogP contribution is 2.33. The van der Waals surface area contributed by atoms with Crippen LogP contribution in [0.1, 0.15) is 38.5 Å². The summed E-state index contributed by atoms with van der Waals surface area (Å²) in [4.78, 5) is 25.5. The summed E-state index contributed by atoms with van der Waals surface area (Å²) in [6.45, 7) is 8.26. The summed E-state index contributed by atoms with van der Waals surface area (Å²) in [6.07, 6.45) is 4.44. The molecule has 0 spiro atoms. The first-order valence-corrected chi connectivity index (χ1v) is 11.7. The van der Waals surface area contributed by atoms with E-state index in [2.05, 4.69) is 44.6 Å². The molecular formula is C23H28N6OS. The zero-order valence-corrected chi connectivity index (χ0v) is 18.8. The summed E-state index contributed by atoms with van der Waals surface area (Å²) >= 11 is 1.32. The molecule has 1 amide bonds. The molecule has 3 heterocycles. The maximum absolute atomic E-state index is 13.0. The topological polar surface area (TPSA) is 96.2 Å². The Labute approximate surface area is 186 Å². The molecule has 1 atom stereocenters. The Morgan fingerprint density at radius 2 is 2.06 bits per heavy atom. The predicted octanol–water partition coefficient (Wildman–Crippen LogP) is 2.59. The minimum Gasteiger partial charge on any atom is -0.396 e. The molecule has 5 rings (SSSR count). The highest BCUT2D eigenvalue weighted by Gasteiger charge is 2.25. The van der Waals surface area contributed by atoms with Crippen molar-refractivity contribution in [2.45, 2.75) is 39.2 Å². The third kappa shape index (κ3) is 3.85. The van der Waals surface area contributed by atoms with Crippen molar-refractivity contribution in [2.24, 2.45) is 0 Å². The Balaban J connectivity index is 1.32. The lowest BCUT2D eigenvalue weighted by Crippen LogP contribution is -2.44. The van der Waals surface area contributed by atoms with Crippen molar-refractivity contribution in [1.82, 2.24) is 20.6 Å². The van der Waals surface area contributed by atoms with Crippen LogP contribution in [-0.2, 0) is 12.8 Å². The fourth-order valence-electron chi connectivity index (χ4n) is 4.68. The van der Waals surface area contributed by atoms with E-state index in [-0.39, 0.29) is 11.9 Å². The number of nitrogens with zero attached hydrogens (tertiary/aromatic N) is 3. The number of benzene rings is 1. The average molecular weight is 437 g/mol. The lowest BCUT2D eigenvalue weighted by molar-refractivity contribution is 0.0938. The smallest absolute Gasteiger partial charge is 0.263 e. The highest BCUT2D eigenvalue weighted by atomic mass is 32.1. The number of nitrogens with one attached hydrogen (secondary N) is 2. The molecule has 2 aromatic heterocycles. The zero-order chi connectivity index (χ0) is 21.5. The Hall–Kier alpha value is -2.71. The van der Waals surface area contributed by atoms with E-state index in [0.717, 1.165) is 51.1 Å². The van der Waals surface area contributed by atoms with Crippen LogP contribution in [-0.4, -0.2) is 48.1 Å². The molecule has 1 aliphatic heterocycles. The van der Waals surface area contributed by atoms with Crippen LogP contribution in [0.5, 0.6) is 0 Å². The normalized spacial score (nSPS) is 18.8. The number of nitrogens with two attached hydrogens (primary N) is 1. The quantitative estimate of drug-likeness (QED) is 0.584. The Morgan fingerprint density at radius 1 is 1.26 bits per heavy atom. The molecule has 3 aromatic rings. The van der Waals surface area contributed by atoms with Crippen molar-refractivity contribution in [3.63, 3.8) is 0 Å². The molecule has 0 unspecified atom stereocenters. The van der Waals surface area contributed by atoms with Gasteiger partial charge in [0.25, 0.3) is 5.91 Å². The summed E-state index contributed by atoms with van der Waals surface area (Å²) in [5, 5.41) is 6.63. The largest absolute Gasteiger partial charge is 0.396 e. The SMILES string of the molecule is Cc1cnc2c(N)c(C(=O)N[C@H]3CCc4cc(N5CCNCC5)c(C)cc4C3)sc2n1. The van der Waals surface area contributed by atoms with Crippen molar-refractivity contribution in [2.75, 3.05) is 36.8 Å². The van der Waals surface area contributed by atoms with E-state index in [9.17, 15) is 4.79 Å². The van der Waals surface area contributed by atoms with E-state index < -0.39 is 0 Å². The van der Waals surface area contributed by atoms with Crippen molar-refractivity contribution in [3.8, 4) is 0 Å². The number of hydrogen-bond donors (Lipinski definition) is 3. The van der Waals surface area contributed by atoms with E-state index in [4.69, 9.17) is 5.73 Å². The van der Waals surface area contributed by atoms with Crippen LogP contribution in [0, 0.1) is 13.8 Å². The van der Waals surface area contributed by atoms with Crippen LogP contribution in [0.4, 0.5) is 11.4 Å². The van der Waals surface area contributed by atoms with Gasteiger partial charge in [-0.2, -0.15) is 0 Å². The summed E-state index contributed by atoms with van der Waals surface area (Å²) < 4.78 is 0. The van der Waals surface area contributed by atoms with Crippen molar-refractivity contribution in [1.29, 1.82) is 0 Å². The van der Waals surface area contributed by atoms with Gasteiger partial charge in [-0.15, -0.1) is 11.3 Å². The van der Waals surface area contributed by atoms with E-state index in [0.29, 0.717) is 20.9 Å². The number of hydrogen-bond acceptors (Lipinski definition) is 7. The second kappa shape index (κ2) is 8.09. The van der Waals surface area contributed by atoms with E-state index >= 15 is 0 Å². The Kier molecular flexibility index (Phi) is 5.27. The first-order chi connectivity index (χ1) is 15.0. The van der Waals surface area contributed by atoms with Gasteiger partial charge in [0.2, 0.25) is 0 Å². The Bertz CT molecular complexity index is 1150. The summed E-state index contributed by atoms with van der Waals surface area (Å²) in [7, 11) is 0. The number of aryl methyl sites for hydroxylation is 3. The molecule has 7 nitrogen and oxygen atoms in total. The molecule has 4 N–H and O–H groups in total. The molecule has 0 saturated carbocycles. The van der Waals surface area contributed by atoms with E-state index in [1.54, 1.807) is 6.20 Å². The minimum absolute atomic E-state index is 0.108. The zero-order valence-electron chi connectivity index (χ0n) is 18.0. The lowest BCUT2D eigenvalue weighted by Gasteiger charge is -2.33. The van der Waals surface area contributed by atoms with Gasteiger partial charge in [0.1, 0.15) is 15.2 Å². The minimum atomic E-state index is -0.123. The second-order valence-electron chi connectivity index (χ2n) is 8.57. The van der Waals surface area contributed by atoms with E-state index in [1.807, 2.05) is 6.92 Å². The summed E-state index contributed by atoms with van der Waals surface area (Å²) in [6, 6.07) is 4.80. The molecule has 162 valence electrons. The van der Waals surface area contributed by atoms with Crippen molar-refractivity contribution < 1.29 is 4.79 Å². The van der Waals surface area contributed by atoms with Crippen molar-refractivity contribution in [3.05, 3.63) is 45.6 Å². The molecule has 1 aliphatic carbocycles. The molecular weight excluding hydrogens is 408 g/mol. The van der Waals surface area contributed by atoms with Gasteiger partial charge >= 0.3 is 0 Å². The number of carbonyl (C=O) groups excluding carboxylic acids is 1.